The van der Waals surface area contributed by atoms with Gasteiger partial charge in [0.25, 0.3) is 5.91 Å². The van der Waals surface area contributed by atoms with Crippen molar-refractivity contribution in [2.75, 3.05) is 6.54 Å². The van der Waals surface area contributed by atoms with Crippen LogP contribution in [0.15, 0.2) is 18.2 Å². The number of benzene rings is 1. The SMILES string of the molecule is CCC1CCCCN1C(=O)c1ccc(O)cc1O. The van der Waals surface area contributed by atoms with E-state index in [1.54, 1.807) is 0 Å². The maximum absolute atomic E-state index is 12.4. The number of piperidine rings is 1. The van der Waals surface area contributed by atoms with Gasteiger partial charge in [-0.15, -0.1) is 0 Å². The Balaban J connectivity index is 2.24. The Morgan fingerprint density at radius 3 is 2.83 bits per heavy atom. The predicted molar refractivity (Wildman–Crippen MR) is 68.7 cm³/mol. The summed E-state index contributed by atoms with van der Waals surface area (Å²) < 4.78 is 0. The van der Waals surface area contributed by atoms with Crippen molar-refractivity contribution in [2.45, 2.75) is 38.6 Å². The molecule has 0 bridgehead atoms. The molecule has 0 radical (unpaired) electrons. The number of amides is 1. The van der Waals surface area contributed by atoms with Crippen LogP contribution in [0.4, 0.5) is 0 Å². The molecule has 1 aliphatic rings. The standard InChI is InChI=1S/C14H19NO3/c1-2-10-5-3-4-8-15(10)14(18)12-7-6-11(16)9-13(12)17/h6-7,9-10,16-17H,2-5,8H2,1H3. The molecule has 1 aromatic rings. The van der Waals surface area contributed by atoms with E-state index in [0.29, 0.717) is 0 Å². The molecule has 1 fully saturated rings. The summed E-state index contributed by atoms with van der Waals surface area (Å²) in [6.07, 6.45) is 4.14. The Bertz CT molecular complexity index is 445. The first-order valence-corrected chi connectivity index (χ1v) is 6.46. The number of rotatable bonds is 2. The molecule has 1 saturated heterocycles. The van der Waals surface area contributed by atoms with Crippen LogP contribution in [-0.2, 0) is 0 Å². The maximum Gasteiger partial charge on any atom is 0.257 e. The van der Waals surface area contributed by atoms with E-state index >= 15 is 0 Å². The average molecular weight is 249 g/mol. The van der Waals surface area contributed by atoms with Crippen LogP contribution in [0, 0.1) is 0 Å². The lowest BCUT2D eigenvalue weighted by atomic mass is 9.98. The maximum atomic E-state index is 12.4. The molecule has 0 saturated carbocycles. The highest BCUT2D eigenvalue weighted by Gasteiger charge is 2.27. The molecule has 0 spiro atoms. The highest BCUT2D eigenvalue weighted by Crippen LogP contribution is 2.27. The molecule has 1 aliphatic heterocycles. The zero-order valence-corrected chi connectivity index (χ0v) is 10.6. The molecule has 98 valence electrons. The van der Waals surface area contributed by atoms with Gasteiger partial charge in [-0.25, -0.2) is 0 Å². The highest BCUT2D eigenvalue weighted by molar-refractivity contribution is 5.97. The van der Waals surface area contributed by atoms with Gasteiger partial charge >= 0.3 is 0 Å². The Hall–Kier alpha value is -1.71. The lowest BCUT2D eigenvalue weighted by molar-refractivity contribution is 0.0605. The number of nitrogens with zero attached hydrogens (tertiary/aromatic N) is 1. The van der Waals surface area contributed by atoms with Crippen molar-refractivity contribution in [2.24, 2.45) is 0 Å². The first-order chi connectivity index (χ1) is 8.63. The highest BCUT2D eigenvalue weighted by atomic mass is 16.3. The first kappa shape index (κ1) is 12.7. The summed E-state index contributed by atoms with van der Waals surface area (Å²) in [4.78, 5) is 14.2. The Morgan fingerprint density at radius 2 is 2.17 bits per heavy atom. The zero-order valence-electron chi connectivity index (χ0n) is 10.6. The van der Waals surface area contributed by atoms with E-state index in [4.69, 9.17) is 0 Å². The molecule has 1 unspecified atom stereocenters. The molecule has 0 aliphatic carbocycles. The molecule has 4 heteroatoms. The van der Waals surface area contributed by atoms with E-state index in [2.05, 4.69) is 6.92 Å². The van der Waals surface area contributed by atoms with E-state index in [-0.39, 0.29) is 29.0 Å². The van der Waals surface area contributed by atoms with Crippen LogP contribution in [0.5, 0.6) is 11.5 Å². The van der Waals surface area contributed by atoms with Crippen molar-refractivity contribution in [3.05, 3.63) is 23.8 Å². The molecule has 0 aromatic heterocycles. The van der Waals surface area contributed by atoms with Crippen molar-refractivity contribution < 1.29 is 15.0 Å². The van der Waals surface area contributed by atoms with Crippen molar-refractivity contribution in [1.29, 1.82) is 0 Å². The molecule has 1 heterocycles. The Morgan fingerprint density at radius 1 is 1.39 bits per heavy atom. The third-order valence-corrected chi connectivity index (χ3v) is 3.57. The molecular weight excluding hydrogens is 230 g/mol. The van der Waals surface area contributed by atoms with Gasteiger partial charge in [0.2, 0.25) is 0 Å². The lowest BCUT2D eigenvalue weighted by Crippen LogP contribution is -2.43. The molecule has 1 atom stereocenters. The van der Waals surface area contributed by atoms with Crippen LogP contribution in [-0.4, -0.2) is 33.6 Å². The molecule has 1 amide bonds. The van der Waals surface area contributed by atoms with Crippen LogP contribution in [0.3, 0.4) is 0 Å². The smallest absolute Gasteiger partial charge is 0.257 e. The van der Waals surface area contributed by atoms with Gasteiger partial charge in [-0.1, -0.05) is 6.92 Å². The van der Waals surface area contributed by atoms with Crippen molar-refractivity contribution in [3.8, 4) is 11.5 Å². The second-order valence-electron chi connectivity index (χ2n) is 4.76. The van der Waals surface area contributed by atoms with Crippen molar-refractivity contribution >= 4 is 5.91 Å². The van der Waals surface area contributed by atoms with Gasteiger partial charge in [0.05, 0.1) is 5.56 Å². The number of phenols is 2. The summed E-state index contributed by atoms with van der Waals surface area (Å²) in [6.45, 7) is 2.82. The molecular formula is C14H19NO3. The second kappa shape index (κ2) is 5.29. The zero-order chi connectivity index (χ0) is 13.1. The predicted octanol–water partition coefficient (Wildman–Crippen LogP) is 2.50. The number of hydrogen-bond donors (Lipinski definition) is 2. The van der Waals surface area contributed by atoms with Gasteiger partial charge in [0, 0.05) is 18.7 Å². The summed E-state index contributed by atoms with van der Waals surface area (Å²) in [5.74, 6) is -0.325. The quantitative estimate of drug-likeness (QED) is 0.846. The fourth-order valence-corrected chi connectivity index (χ4v) is 2.55. The van der Waals surface area contributed by atoms with E-state index in [1.165, 1.54) is 18.2 Å². The van der Waals surface area contributed by atoms with Gasteiger partial charge < -0.3 is 15.1 Å². The minimum absolute atomic E-state index is 0.0327. The van der Waals surface area contributed by atoms with E-state index < -0.39 is 0 Å². The summed E-state index contributed by atoms with van der Waals surface area (Å²) >= 11 is 0. The topological polar surface area (TPSA) is 60.8 Å². The van der Waals surface area contributed by atoms with Gasteiger partial charge in [-0.3, -0.25) is 4.79 Å². The van der Waals surface area contributed by atoms with Gasteiger partial charge in [-0.05, 0) is 37.8 Å². The Labute approximate surface area is 107 Å². The summed E-state index contributed by atoms with van der Waals surface area (Å²) in [7, 11) is 0. The third kappa shape index (κ3) is 2.42. The van der Waals surface area contributed by atoms with E-state index in [9.17, 15) is 15.0 Å². The number of phenolic OH excluding ortho intramolecular Hbond substituents is 2. The number of hydrogen-bond acceptors (Lipinski definition) is 3. The van der Waals surface area contributed by atoms with Crippen molar-refractivity contribution in [3.63, 3.8) is 0 Å². The minimum atomic E-state index is -0.152. The fraction of sp³-hybridized carbons (Fsp3) is 0.500. The van der Waals surface area contributed by atoms with Crippen LogP contribution in [0.1, 0.15) is 43.0 Å². The number of likely N-dealkylation sites (tertiary alicyclic amines) is 1. The molecule has 2 rings (SSSR count). The van der Waals surface area contributed by atoms with Crippen LogP contribution in [0.25, 0.3) is 0 Å². The number of aromatic hydroxyl groups is 2. The largest absolute Gasteiger partial charge is 0.508 e. The third-order valence-electron chi connectivity index (χ3n) is 3.57. The summed E-state index contributed by atoms with van der Waals surface area (Å²) in [5, 5.41) is 19.0. The van der Waals surface area contributed by atoms with Crippen LogP contribution < -0.4 is 0 Å². The van der Waals surface area contributed by atoms with Gasteiger partial charge in [-0.2, -0.15) is 0 Å². The van der Waals surface area contributed by atoms with E-state index in [0.717, 1.165) is 32.2 Å². The van der Waals surface area contributed by atoms with Crippen molar-refractivity contribution in [1.82, 2.24) is 4.90 Å². The number of carbonyl (C=O) groups excluding carboxylic acids is 1. The summed E-state index contributed by atoms with van der Waals surface area (Å²) in [6, 6.07) is 4.38. The lowest BCUT2D eigenvalue weighted by Gasteiger charge is -2.35. The monoisotopic (exact) mass is 249 g/mol. The van der Waals surface area contributed by atoms with Gasteiger partial charge in [0.1, 0.15) is 11.5 Å². The fourth-order valence-electron chi connectivity index (χ4n) is 2.55. The average Bonchev–Trinajstić information content (AvgIpc) is 2.38. The van der Waals surface area contributed by atoms with Crippen LogP contribution in [0.2, 0.25) is 0 Å². The molecule has 1 aromatic carbocycles. The molecule has 2 N–H and O–H groups in total. The second-order valence-corrected chi connectivity index (χ2v) is 4.76. The van der Waals surface area contributed by atoms with E-state index in [1.807, 2.05) is 4.90 Å². The van der Waals surface area contributed by atoms with Crippen LogP contribution >= 0.6 is 0 Å². The minimum Gasteiger partial charge on any atom is -0.508 e. The normalized spacial score (nSPS) is 19.8. The first-order valence-electron chi connectivity index (χ1n) is 6.46. The number of carbonyl (C=O) groups is 1. The molecule has 18 heavy (non-hydrogen) atoms. The van der Waals surface area contributed by atoms with Gasteiger partial charge in [0.15, 0.2) is 0 Å². The molecule has 4 nitrogen and oxygen atoms in total. The summed E-state index contributed by atoms with van der Waals surface area (Å²) in [5.41, 5.74) is 0.271. The Kier molecular flexibility index (Phi) is 3.75.